The van der Waals surface area contributed by atoms with Crippen molar-refractivity contribution in [2.75, 3.05) is 31.1 Å². The van der Waals surface area contributed by atoms with Crippen molar-refractivity contribution in [1.82, 2.24) is 15.3 Å². The van der Waals surface area contributed by atoms with E-state index in [9.17, 15) is 0 Å². The minimum atomic E-state index is 0.527. The van der Waals surface area contributed by atoms with Gasteiger partial charge in [-0.3, -0.25) is 0 Å². The number of hydrogen-bond donors (Lipinski definition) is 1. The lowest BCUT2D eigenvalue weighted by atomic mass is 9.79. The van der Waals surface area contributed by atoms with Crippen LogP contribution in [-0.2, 0) is 0 Å². The van der Waals surface area contributed by atoms with E-state index in [2.05, 4.69) is 20.2 Å². The number of anilines is 1. The molecule has 3 rings (SSSR count). The van der Waals surface area contributed by atoms with Gasteiger partial charge < -0.3 is 10.2 Å². The van der Waals surface area contributed by atoms with Crippen LogP contribution in [-0.4, -0.2) is 36.1 Å². The maximum Gasteiger partial charge on any atom is 0.225 e. The molecule has 4 nitrogen and oxygen atoms in total. The Bertz CT molecular complexity index is 310. The van der Waals surface area contributed by atoms with Gasteiger partial charge in [0.2, 0.25) is 5.95 Å². The summed E-state index contributed by atoms with van der Waals surface area (Å²) in [5.41, 5.74) is 0.527. The molecular formula is C10H14N4. The first kappa shape index (κ1) is 8.17. The number of aromatic nitrogens is 2. The van der Waals surface area contributed by atoms with Crippen molar-refractivity contribution >= 4 is 5.95 Å². The molecule has 2 fully saturated rings. The van der Waals surface area contributed by atoms with Crippen LogP contribution in [0.4, 0.5) is 5.95 Å². The van der Waals surface area contributed by atoms with Gasteiger partial charge in [-0.25, -0.2) is 9.97 Å². The van der Waals surface area contributed by atoms with Crippen LogP contribution in [0.2, 0.25) is 0 Å². The van der Waals surface area contributed by atoms with Crippen LogP contribution >= 0.6 is 0 Å². The van der Waals surface area contributed by atoms with E-state index in [1.807, 2.05) is 6.07 Å². The first-order chi connectivity index (χ1) is 6.88. The summed E-state index contributed by atoms with van der Waals surface area (Å²) in [5.74, 6) is 0.880. The van der Waals surface area contributed by atoms with Gasteiger partial charge in [-0.15, -0.1) is 0 Å². The number of nitrogens with zero attached hydrogens (tertiary/aromatic N) is 3. The molecule has 1 aromatic rings. The lowest BCUT2D eigenvalue weighted by Gasteiger charge is -2.47. The molecule has 0 saturated carbocycles. The van der Waals surface area contributed by atoms with Crippen molar-refractivity contribution in [3.8, 4) is 0 Å². The largest absolute Gasteiger partial charge is 0.339 e. The predicted octanol–water partition coefficient (Wildman–Crippen LogP) is 0.276. The highest BCUT2D eigenvalue weighted by atomic mass is 15.3. The van der Waals surface area contributed by atoms with Crippen molar-refractivity contribution in [3.05, 3.63) is 18.5 Å². The molecule has 0 atom stereocenters. The maximum absolute atomic E-state index is 4.25. The summed E-state index contributed by atoms with van der Waals surface area (Å²) >= 11 is 0. The van der Waals surface area contributed by atoms with Crippen molar-refractivity contribution in [3.63, 3.8) is 0 Å². The molecule has 1 N–H and O–H groups in total. The molecule has 0 bridgehead atoms. The van der Waals surface area contributed by atoms with E-state index in [4.69, 9.17) is 0 Å². The summed E-state index contributed by atoms with van der Waals surface area (Å²) in [4.78, 5) is 10.8. The predicted molar refractivity (Wildman–Crippen MR) is 54.2 cm³/mol. The minimum Gasteiger partial charge on any atom is -0.339 e. The summed E-state index contributed by atoms with van der Waals surface area (Å²) in [7, 11) is 0. The Hall–Kier alpha value is -1.16. The van der Waals surface area contributed by atoms with Gasteiger partial charge in [0.05, 0.1) is 0 Å². The average molecular weight is 190 g/mol. The molecular weight excluding hydrogens is 176 g/mol. The molecule has 0 amide bonds. The number of nitrogens with one attached hydrogen (secondary N) is 1. The number of rotatable bonds is 1. The Morgan fingerprint density at radius 1 is 1.29 bits per heavy atom. The Labute approximate surface area is 83.4 Å². The van der Waals surface area contributed by atoms with Gasteiger partial charge in [0.25, 0.3) is 0 Å². The molecule has 2 aliphatic rings. The van der Waals surface area contributed by atoms with Gasteiger partial charge in [-0.1, -0.05) is 0 Å². The maximum atomic E-state index is 4.25. The van der Waals surface area contributed by atoms with Gasteiger partial charge in [-0.05, 0) is 19.0 Å². The van der Waals surface area contributed by atoms with Crippen LogP contribution in [0.3, 0.4) is 0 Å². The summed E-state index contributed by atoms with van der Waals surface area (Å²) in [6.07, 6.45) is 4.91. The minimum absolute atomic E-state index is 0.527. The molecule has 1 aromatic heterocycles. The van der Waals surface area contributed by atoms with Gasteiger partial charge >= 0.3 is 0 Å². The van der Waals surface area contributed by atoms with Crippen LogP contribution in [0.15, 0.2) is 18.5 Å². The zero-order chi connectivity index (χ0) is 9.43. The lowest BCUT2D eigenvalue weighted by Crippen LogP contribution is -2.58. The Balaban J connectivity index is 1.69. The van der Waals surface area contributed by atoms with E-state index in [0.717, 1.165) is 25.6 Å². The SMILES string of the molecule is c1cnc(N2CC3(CCNC3)C2)nc1. The van der Waals surface area contributed by atoms with Gasteiger partial charge in [0.15, 0.2) is 0 Å². The Morgan fingerprint density at radius 2 is 2.07 bits per heavy atom. The molecule has 14 heavy (non-hydrogen) atoms. The van der Waals surface area contributed by atoms with E-state index in [0.29, 0.717) is 5.41 Å². The molecule has 0 aromatic carbocycles. The normalized spacial score (nSPS) is 23.9. The fourth-order valence-corrected chi connectivity index (χ4v) is 2.42. The van der Waals surface area contributed by atoms with Crippen LogP contribution in [0.5, 0.6) is 0 Å². The van der Waals surface area contributed by atoms with E-state index in [-0.39, 0.29) is 0 Å². The topological polar surface area (TPSA) is 41.1 Å². The van der Waals surface area contributed by atoms with E-state index >= 15 is 0 Å². The van der Waals surface area contributed by atoms with Crippen LogP contribution in [0.1, 0.15) is 6.42 Å². The van der Waals surface area contributed by atoms with Crippen molar-refractivity contribution < 1.29 is 0 Å². The lowest BCUT2D eigenvalue weighted by molar-refractivity contribution is 0.240. The second kappa shape index (κ2) is 2.92. The third-order valence-electron chi connectivity index (χ3n) is 3.22. The van der Waals surface area contributed by atoms with Crippen molar-refractivity contribution in [2.45, 2.75) is 6.42 Å². The standard InChI is InChI=1S/C10H14N4/c1-3-12-9(13-4-1)14-7-10(8-14)2-5-11-6-10/h1,3-4,11H,2,5-8H2. The van der Waals surface area contributed by atoms with Gasteiger partial charge in [0.1, 0.15) is 0 Å². The molecule has 2 saturated heterocycles. The fraction of sp³-hybridized carbons (Fsp3) is 0.600. The smallest absolute Gasteiger partial charge is 0.225 e. The summed E-state index contributed by atoms with van der Waals surface area (Å²) in [6, 6.07) is 1.86. The van der Waals surface area contributed by atoms with Crippen molar-refractivity contribution in [2.24, 2.45) is 5.41 Å². The van der Waals surface area contributed by atoms with E-state index < -0.39 is 0 Å². The highest BCUT2D eigenvalue weighted by molar-refractivity contribution is 5.36. The second-order valence-corrected chi connectivity index (χ2v) is 4.33. The highest BCUT2D eigenvalue weighted by Gasteiger charge is 2.45. The summed E-state index contributed by atoms with van der Waals surface area (Å²) < 4.78 is 0. The zero-order valence-corrected chi connectivity index (χ0v) is 8.11. The highest BCUT2D eigenvalue weighted by Crippen LogP contribution is 2.37. The first-order valence-corrected chi connectivity index (χ1v) is 5.11. The van der Waals surface area contributed by atoms with Crippen LogP contribution in [0.25, 0.3) is 0 Å². The Morgan fingerprint density at radius 3 is 2.71 bits per heavy atom. The molecule has 3 heterocycles. The van der Waals surface area contributed by atoms with Crippen molar-refractivity contribution in [1.29, 1.82) is 0 Å². The van der Waals surface area contributed by atoms with Gasteiger partial charge in [-0.2, -0.15) is 0 Å². The Kier molecular flexibility index (Phi) is 1.70. The summed E-state index contributed by atoms with van der Waals surface area (Å²) in [6.45, 7) is 4.56. The monoisotopic (exact) mass is 190 g/mol. The fourth-order valence-electron chi connectivity index (χ4n) is 2.42. The third kappa shape index (κ3) is 1.18. The molecule has 74 valence electrons. The zero-order valence-electron chi connectivity index (χ0n) is 8.11. The second-order valence-electron chi connectivity index (χ2n) is 4.33. The molecule has 0 unspecified atom stereocenters. The van der Waals surface area contributed by atoms with Gasteiger partial charge in [0, 0.05) is 37.4 Å². The van der Waals surface area contributed by atoms with Crippen LogP contribution < -0.4 is 10.2 Å². The third-order valence-corrected chi connectivity index (χ3v) is 3.22. The number of hydrogen-bond acceptors (Lipinski definition) is 4. The van der Waals surface area contributed by atoms with Crippen LogP contribution in [0, 0.1) is 5.41 Å². The molecule has 0 aliphatic carbocycles. The molecule has 0 radical (unpaired) electrons. The first-order valence-electron chi connectivity index (χ1n) is 5.11. The molecule has 1 spiro atoms. The van der Waals surface area contributed by atoms with E-state index in [1.54, 1.807) is 12.4 Å². The molecule has 4 heteroatoms. The van der Waals surface area contributed by atoms with E-state index in [1.165, 1.54) is 13.0 Å². The quantitative estimate of drug-likeness (QED) is 0.690. The average Bonchev–Trinajstić information content (AvgIpc) is 2.65. The molecule has 2 aliphatic heterocycles. The summed E-state index contributed by atoms with van der Waals surface area (Å²) in [5, 5.41) is 3.42.